The molecule has 1 aliphatic rings. The van der Waals surface area contributed by atoms with E-state index < -0.39 is 0 Å². The van der Waals surface area contributed by atoms with Gasteiger partial charge in [-0.05, 0) is 29.8 Å². The predicted molar refractivity (Wildman–Crippen MR) is 107 cm³/mol. The van der Waals surface area contributed by atoms with Crippen LogP contribution >= 0.6 is 23.2 Å². The average molecular weight is 409 g/mol. The molecule has 0 spiro atoms. The van der Waals surface area contributed by atoms with Crippen LogP contribution in [0.5, 0.6) is 5.75 Å². The van der Waals surface area contributed by atoms with E-state index in [9.17, 15) is 4.79 Å². The second kappa shape index (κ2) is 9.42. The van der Waals surface area contributed by atoms with E-state index in [0.717, 1.165) is 24.4 Å². The first-order valence-electron chi connectivity index (χ1n) is 8.78. The third-order valence-corrected chi connectivity index (χ3v) is 5.46. The molecule has 1 atom stereocenters. The Hall–Kier alpha value is -1.79. The maximum Gasteiger partial charge on any atom is 0.252 e. The van der Waals surface area contributed by atoms with E-state index in [4.69, 9.17) is 32.7 Å². The summed E-state index contributed by atoms with van der Waals surface area (Å²) in [7, 11) is 1.64. The van der Waals surface area contributed by atoms with E-state index in [0.29, 0.717) is 30.3 Å². The van der Waals surface area contributed by atoms with Gasteiger partial charge in [-0.25, -0.2) is 0 Å². The maximum atomic E-state index is 12.6. The Kier molecular flexibility index (Phi) is 6.96. The van der Waals surface area contributed by atoms with Crippen molar-refractivity contribution in [2.24, 2.45) is 0 Å². The molecule has 27 heavy (non-hydrogen) atoms. The highest BCUT2D eigenvalue weighted by Gasteiger charge is 2.24. The normalized spacial score (nSPS) is 16.0. The topological polar surface area (TPSA) is 50.8 Å². The number of rotatable bonds is 6. The Bertz CT molecular complexity index is 777. The fraction of sp³-hybridized carbons (Fsp3) is 0.350. The van der Waals surface area contributed by atoms with Gasteiger partial charge in [0.1, 0.15) is 5.75 Å². The molecule has 0 aliphatic carbocycles. The van der Waals surface area contributed by atoms with Crippen LogP contribution < -0.4 is 10.1 Å². The van der Waals surface area contributed by atoms with Crippen LogP contribution in [-0.4, -0.2) is 50.8 Å². The van der Waals surface area contributed by atoms with Gasteiger partial charge in [-0.3, -0.25) is 9.69 Å². The van der Waals surface area contributed by atoms with Crippen molar-refractivity contribution in [2.45, 2.75) is 6.04 Å². The number of carbonyl (C=O) groups is 1. The largest absolute Gasteiger partial charge is 0.497 e. The van der Waals surface area contributed by atoms with E-state index >= 15 is 0 Å². The van der Waals surface area contributed by atoms with E-state index in [1.165, 1.54) is 0 Å². The minimum absolute atomic E-state index is 0.0294. The van der Waals surface area contributed by atoms with E-state index in [1.54, 1.807) is 25.3 Å². The molecule has 0 bridgehead atoms. The predicted octanol–water partition coefficient (Wildman–Crippen LogP) is 3.81. The summed E-state index contributed by atoms with van der Waals surface area (Å²) in [6.07, 6.45) is 0. The van der Waals surface area contributed by atoms with Gasteiger partial charge in [0.2, 0.25) is 0 Å². The molecule has 1 saturated heterocycles. The standard InChI is InChI=1S/C20H22Cl2N2O3/c1-26-15-7-5-14(6-8-15)18(24-9-11-27-12-10-24)13-23-20(25)16-3-2-4-17(21)19(16)22/h2-8,18H,9-13H2,1H3,(H,23,25)/t18-/m1/s1. The van der Waals surface area contributed by atoms with Crippen molar-refractivity contribution in [3.8, 4) is 5.75 Å². The molecule has 1 amide bonds. The molecular formula is C20H22Cl2N2O3. The highest BCUT2D eigenvalue weighted by molar-refractivity contribution is 6.43. The van der Waals surface area contributed by atoms with Crippen molar-refractivity contribution in [1.29, 1.82) is 0 Å². The molecule has 1 fully saturated rings. The van der Waals surface area contributed by atoms with Crippen molar-refractivity contribution < 1.29 is 14.3 Å². The van der Waals surface area contributed by atoms with Crippen LogP contribution in [0, 0.1) is 0 Å². The van der Waals surface area contributed by atoms with Crippen LogP contribution in [-0.2, 0) is 4.74 Å². The van der Waals surface area contributed by atoms with Crippen molar-refractivity contribution >= 4 is 29.1 Å². The van der Waals surface area contributed by atoms with Gasteiger partial charge in [-0.15, -0.1) is 0 Å². The molecule has 3 rings (SSSR count). The molecule has 1 heterocycles. The van der Waals surface area contributed by atoms with Gasteiger partial charge >= 0.3 is 0 Å². The fourth-order valence-corrected chi connectivity index (χ4v) is 3.52. The number of halogens is 2. The van der Waals surface area contributed by atoms with Crippen LogP contribution in [0.4, 0.5) is 0 Å². The van der Waals surface area contributed by atoms with Gasteiger partial charge in [0.05, 0.1) is 42.0 Å². The minimum atomic E-state index is -0.241. The molecule has 0 saturated carbocycles. The van der Waals surface area contributed by atoms with Gasteiger partial charge in [-0.2, -0.15) is 0 Å². The molecule has 144 valence electrons. The molecule has 1 aliphatic heterocycles. The Morgan fingerprint density at radius 2 is 1.89 bits per heavy atom. The number of carbonyl (C=O) groups excluding carboxylic acids is 1. The Balaban J connectivity index is 1.76. The number of nitrogens with zero attached hydrogens (tertiary/aromatic N) is 1. The lowest BCUT2D eigenvalue weighted by atomic mass is 10.0. The number of morpholine rings is 1. The molecule has 0 unspecified atom stereocenters. The highest BCUT2D eigenvalue weighted by Crippen LogP contribution is 2.26. The highest BCUT2D eigenvalue weighted by atomic mass is 35.5. The monoisotopic (exact) mass is 408 g/mol. The number of nitrogens with one attached hydrogen (secondary N) is 1. The Morgan fingerprint density at radius 3 is 2.56 bits per heavy atom. The van der Waals surface area contributed by atoms with E-state index in [-0.39, 0.29) is 17.0 Å². The lowest BCUT2D eigenvalue weighted by molar-refractivity contribution is 0.0162. The summed E-state index contributed by atoms with van der Waals surface area (Å²) in [6, 6.07) is 13.0. The van der Waals surface area contributed by atoms with Crippen molar-refractivity contribution in [1.82, 2.24) is 10.2 Å². The third-order valence-electron chi connectivity index (χ3n) is 4.64. The summed E-state index contributed by atoms with van der Waals surface area (Å²) < 4.78 is 10.7. The molecule has 2 aromatic rings. The Labute approximate surface area is 169 Å². The van der Waals surface area contributed by atoms with Crippen molar-refractivity contribution in [3.63, 3.8) is 0 Å². The molecular weight excluding hydrogens is 387 g/mol. The second-order valence-corrected chi connectivity index (χ2v) is 7.03. The third kappa shape index (κ3) is 4.93. The number of amides is 1. The van der Waals surface area contributed by atoms with Gasteiger partial charge in [0.25, 0.3) is 5.91 Å². The lowest BCUT2D eigenvalue weighted by Gasteiger charge is -2.35. The van der Waals surface area contributed by atoms with E-state index in [1.807, 2.05) is 24.3 Å². The summed E-state index contributed by atoms with van der Waals surface area (Å²) in [6.45, 7) is 3.43. The molecule has 5 nitrogen and oxygen atoms in total. The van der Waals surface area contributed by atoms with Crippen LogP contribution in [0.3, 0.4) is 0 Å². The summed E-state index contributed by atoms with van der Waals surface area (Å²) in [5.41, 5.74) is 1.48. The van der Waals surface area contributed by atoms with Crippen LogP contribution in [0.25, 0.3) is 0 Å². The minimum Gasteiger partial charge on any atom is -0.497 e. The van der Waals surface area contributed by atoms with Crippen LogP contribution in [0.15, 0.2) is 42.5 Å². The van der Waals surface area contributed by atoms with Crippen molar-refractivity contribution in [3.05, 3.63) is 63.6 Å². The Morgan fingerprint density at radius 1 is 1.19 bits per heavy atom. The summed E-state index contributed by atoms with van der Waals surface area (Å²) in [4.78, 5) is 14.9. The first-order valence-corrected chi connectivity index (χ1v) is 9.53. The van der Waals surface area contributed by atoms with Gasteiger partial charge in [0, 0.05) is 19.6 Å². The number of benzene rings is 2. The summed E-state index contributed by atoms with van der Waals surface area (Å²) >= 11 is 12.2. The van der Waals surface area contributed by atoms with Gasteiger partial charge < -0.3 is 14.8 Å². The fourth-order valence-electron chi connectivity index (χ4n) is 3.14. The zero-order valence-electron chi connectivity index (χ0n) is 15.1. The second-order valence-electron chi connectivity index (χ2n) is 6.25. The van der Waals surface area contributed by atoms with Crippen LogP contribution in [0.1, 0.15) is 22.0 Å². The first kappa shape index (κ1) is 20.0. The SMILES string of the molecule is COc1ccc([C@@H](CNC(=O)c2cccc(Cl)c2Cl)N2CCOCC2)cc1. The molecule has 7 heteroatoms. The molecule has 0 radical (unpaired) electrons. The zero-order valence-corrected chi connectivity index (χ0v) is 16.6. The quantitative estimate of drug-likeness (QED) is 0.789. The lowest BCUT2D eigenvalue weighted by Crippen LogP contribution is -2.43. The molecule has 1 N–H and O–H groups in total. The van der Waals surface area contributed by atoms with Crippen LogP contribution in [0.2, 0.25) is 10.0 Å². The summed E-state index contributed by atoms with van der Waals surface area (Å²) in [5.74, 6) is 0.559. The van der Waals surface area contributed by atoms with E-state index in [2.05, 4.69) is 10.2 Å². The van der Waals surface area contributed by atoms with Crippen molar-refractivity contribution in [2.75, 3.05) is 40.0 Å². The zero-order chi connectivity index (χ0) is 19.2. The first-order chi connectivity index (χ1) is 13.1. The number of hydrogen-bond acceptors (Lipinski definition) is 4. The molecule has 2 aromatic carbocycles. The molecule has 0 aromatic heterocycles. The van der Waals surface area contributed by atoms with Gasteiger partial charge in [-0.1, -0.05) is 41.4 Å². The number of hydrogen-bond donors (Lipinski definition) is 1. The van der Waals surface area contributed by atoms with Gasteiger partial charge in [0.15, 0.2) is 0 Å². The maximum absolute atomic E-state index is 12.6. The smallest absolute Gasteiger partial charge is 0.252 e. The number of methoxy groups -OCH3 is 1. The average Bonchev–Trinajstić information content (AvgIpc) is 2.71. The number of ether oxygens (including phenoxy) is 2. The summed E-state index contributed by atoms with van der Waals surface area (Å²) in [5, 5.41) is 3.63.